The lowest BCUT2D eigenvalue weighted by molar-refractivity contribution is 0.102. The molecule has 0 aliphatic carbocycles. The summed E-state index contributed by atoms with van der Waals surface area (Å²) in [4.78, 5) is 20.7. The molecule has 3 rings (SSSR count). The number of pyridine rings is 2. The number of ether oxygens (including phenoxy) is 1. The molecule has 0 atom stereocenters. The van der Waals surface area contributed by atoms with Crippen molar-refractivity contribution in [2.45, 2.75) is 26.5 Å². The summed E-state index contributed by atoms with van der Waals surface area (Å²) in [6.07, 6.45) is 5.20. The molecule has 2 heterocycles. The van der Waals surface area contributed by atoms with E-state index in [2.05, 4.69) is 20.6 Å². The summed E-state index contributed by atoms with van der Waals surface area (Å²) in [5, 5.41) is 6.05. The smallest absolute Gasteiger partial charge is 0.257 e. The van der Waals surface area contributed by atoms with E-state index >= 15 is 0 Å². The Morgan fingerprint density at radius 2 is 1.89 bits per heavy atom. The van der Waals surface area contributed by atoms with Crippen molar-refractivity contribution < 1.29 is 9.53 Å². The van der Waals surface area contributed by atoms with Gasteiger partial charge in [0.15, 0.2) is 0 Å². The highest BCUT2D eigenvalue weighted by Crippen LogP contribution is 2.18. The molecule has 27 heavy (non-hydrogen) atoms. The van der Waals surface area contributed by atoms with Crippen LogP contribution in [0.4, 0.5) is 11.5 Å². The highest BCUT2D eigenvalue weighted by molar-refractivity contribution is 6.04. The van der Waals surface area contributed by atoms with E-state index in [0.717, 1.165) is 11.3 Å². The third kappa shape index (κ3) is 5.54. The molecule has 0 saturated heterocycles. The van der Waals surface area contributed by atoms with Gasteiger partial charge in [-0.05, 0) is 61.9 Å². The number of hydrogen-bond acceptors (Lipinski definition) is 5. The first-order chi connectivity index (χ1) is 13.1. The van der Waals surface area contributed by atoms with Gasteiger partial charge in [0.2, 0.25) is 0 Å². The van der Waals surface area contributed by atoms with Gasteiger partial charge in [-0.2, -0.15) is 0 Å². The van der Waals surface area contributed by atoms with Crippen LogP contribution in [0.2, 0.25) is 0 Å². The monoisotopic (exact) mass is 362 g/mol. The molecule has 0 bridgehead atoms. The third-order valence-corrected chi connectivity index (χ3v) is 3.71. The fourth-order valence-corrected chi connectivity index (χ4v) is 2.42. The molecule has 2 N–H and O–H groups in total. The summed E-state index contributed by atoms with van der Waals surface area (Å²) in [5.41, 5.74) is 2.25. The van der Waals surface area contributed by atoms with Crippen molar-refractivity contribution in [3.05, 3.63) is 78.2 Å². The average molecular weight is 362 g/mol. The van der Waals surface area contributed by atoms with Crippen LogP contribution in [0.25, 0.3) is 0 Å². The lowest BCUT2D eigenvalue weighted by Gasteiger charge is -2.11. The summed E-state index contributed by atoms with van der Waals surface area (Å²) >= 11 is 0. The van der Waals surface area contributed by atoms with E-state index in [4.69, 9.17) is 4.74 Å². The number of rotatable bonds is 7. The zero-order chi connectivity index (χ0) is 19.1. The molecule has 0 aliphatic heterocycles. The van der Waals surface area contributed by atoms with E-state index in [1.165, 1.54) is 0 Å². The van der Waals surface area contributed by atoms with Crippen LogP contribution in [0.15, 0.2) is 67.1 Å². The highest BCUT2D eigenvalue weighted by atomic mass is 16.5. The van der Waals surface area contributed by atoms with Gasteiger partial charge in [-0.1, -0.05) is 6.07 Å². The predicted octanol–water partition coefficient (Wildman–Crippen LogP) is 4.13. The van der Waals surface area contributed by atoms with Crippen LogP contribution < -0.4 is 15.4 Å². The normalized spacial score (nSPS) is 10.5. The lowest BCUT2D eigenvalue weighted by atomic mass is 10.2. The minimum absolute atomic E-state index is 0.113. The van der Waals surface area contributed by atoms with Gasteiger partial charge in [0.25, 0.3) is 5.91 Å². The first-order valence-corrected chi connectivity index (χ1v) is 8.77. The quantitative estimate of drug-likeness (QED) is 0.661. The van der Waals surface area contributed by atoms with Gasteiger partial charge < -0.3 is 15.4 Å². The maximum absolute atomic E-state index is 12.4. The Kier molecular flexibility index (Phi) is 5.99. The number of amides is 1. The van der Waals surface area contributed by atoms with E-state index in [9.17, 15) is 4.79 Å². The molecule has 0 unspecified atom stereocenters. The van der Waals surface area contributed by atoms with Crippen LogP contribution in [0.5, 0.6) is 5.75 Å². The van der Waals surface area contributed by atoms with Crippen LogP contribution in [-0.4, -0.2) is 22.0 Å². The Bertz CT molecular complexity index is 863. The van der Waals surface area contributed by atoms with Crippen molar-refractivity contribution >= 4 is 17.4 Å². The zero-order valence-corrected chi connectivity index (χ0v) is 15.3. The second-order valence-electron chi connectivity index (χ2n) is 6.29. The number of carbonyl (C=O) groups excluding carboxylic acids is 1. The van der Waals surface area contributed by atoms with E-state index in [0.29, 0.717) is 23.6 Å². The largest absolute Gasteiger partial charge is 0.491 e. The Morgan fingerprint density at radius 1 is 1.07 bits per heavy atom. The first-order valence-electron chi connectivity index (χ1n) is 8.77. The van der Waals surface area contributed by atoms with E-state index in [1.54, 1.807) is 30.7 Å². The first kappa shape index (κ1) is 18.4. The molecule has 0 saturated carbocycles. The van der Waals surface area contributed by atoms with Crippen LogP contribution >= 0.6 is 0 Å². The number of aromatic nitrogens is 2. The molecule has 3 aromatic rings. The molecule has 0 radical (unpaired) electrons. The topological polar surface area (TPSA) is 76.1 Å². The van der Waals surface area contributed by atoms with Crippen molar-refractivity contribution in [3.63, 3.8) is 0 Å². The molecule has 0 spiro atoms. The van der Waals surface area contributed by atoms with Crippen molar-refractivity contribution in [1.82, 2.24) is 9.97 Å². The standard InChI is InChI=1S/C21H22N4O2/c1-15(2)27-19-8-6-18(7-9-19)25-21(26)17-5-10-20(24-14-17)23-13-16-4-3-11-22-12-16/h3-12,14-15H,13H2,1-2H3,(H,23,24)(H,25,26). The van der Waals surface area contributed by atoms with Crippen molar-refractivity contribution in [2.24, 2.45) is 0 Å². The third-order valence-electron chi connectivity index (χ3n) is 3.71. The minimum Gasteiger partial charge on any atom is -0.491 e. The molecule has 6 heteroatoms. The van der Waals surface area contributed by atoms with Crippen molar-refractivity contribution in [2.75, 3.05) is 10.6 Å². The van der Waals surface area contributed by atoms with E-state index < -0.39 is 0 Å². The van der Waals surface area contributed by atoms with Crippen LogP contribution in [0.3, 0.4) is 0 Å². The van der Waals surface area contributed by atoms with Gasteiger partial charge >= 0.3 is 0 Å². The Morgan fingerprint density at radius 3 is 2.52 bits per heavy atom. The molecular weight excluding hydrogens is 340 g/mol. The molecule has 1 amide bonds. The highest BCUT2D eigenvalue weighted by Gasteiger charge is 2.07. The second-order valence-corrected chi connectivity index (χ2v) is 6.29. The number of nitrogens with one attached hydrogen (secondary N) is 2. The summed E-state index contributed by atoms with van der Waals surface area (Å²) in [5.74, 6) is 1.26. The lowest BCUT2D eigenvalue weighted by Crippen LogP contribution is -2.12. The summed E-state index contributed by atoms with van der Waals surface area (Å²) in [6.45, 7) is 4.56. The maximum Gasteiger partial charge on any atom is 0.257 e. The van der Waals surface area contributed by atoms with Gasteiger partial charge in [0, 0.05) is 30.8 Å². The van der Waals surface area contributed by atoms with Crippen molar-refractivity contribution in [3.8, 4) is 5.75 Å². The van der Waals surface area contributed by atoms with E-state index in [1.807, 2.05) is 50.2 Å². The molecular formula is C21H22N4O2. The van der Waals surface area contributed by atoms with E-state index in [-0.39, 0.29) is 12.0 Å². The summed E-state index contributed by atoms with van der Waals surface area (Å²) in [7, 11) is 0. The second kappa shape index (κ2) is 8.80. The SMILES string of the molecule is CC(C)Oc1ccc(NC(=O)c2ccc(NCc3cccnc3)nc2)cc1. The summed E-state index contributed by atoms with van der Waals surface area (Å²) in [6, 6.07) is 14.7. The Balaban J connectivity index is 1.55. The molecule has 1 aromatic carbocycles. The van der Waals surface area contributed by atoms with Crippen LogP contribution in [-0.2, 0) is 6.54 Å². The molecule has 6 nitrogen and oxygen atoms in total. The Labute approximate surface area is 158 Å². The fraction of sp³-hybridized carbons (Fsp3) is 0.190. The maximum atomic E-state index is 12.4. The van der Waals surface area contributed by atoms with Gasteiger partial charge in [-0.15, -0.1) is 0 Å². The number of hydrogen-bond donors (Lipinski definition) is 2. The van der Waals surface area contributed by atoms with Crippen molar-refractivity contribution in [1.29, 1.82) is 0 Å². The van der Waals surface area contributed by atoms with Gasteiger partial charge in [0.05, 0.1) is 11.7 Å². The minimum atomic E-state index is -0.209. The number of nitrogens with zero attached hydrogens (tertiary/aromatic N) is 2. The molecule has 2 aromatic heterocycles. The van der Waals surface area contributed by atoms with Crippen LogP contribution in [0, 0.1) is 0 Å². The Hall–Kier alpha value is -3.41. The zero-order valence-electron chi connectivity index (χ0n) is 15.3. The number of carbonyl (C=O) groups is 1. The summed E-state index contributed by atoms with van der Waals surface area (Å²) < 4.78 is 5.59. The average Bonchev–Trinajstić information content (AvgIpc) is 2.69. The van der Waals surface area contributed by atoms with Gasteiger partial charge in [-0.3, -0.25) is 9.78 Å². The molecule has 0 fully saturated rings. The fourth-order valence-electron chi connectivity index (χ4n) is 2.42. The van der Waals surface area contributed by atoms with Crippen LogP contribution in [0.1, 0.15) is 29.8 Å². The van der Waals surface area contributed by atoms with Gasteiger partial charge in [0.1, 0.15) is 11.6 Å². The van der Waals surface area contributed by atoms with Gasteiger partial charge in [-0.25, -0.2) is 4.98 Å². The molecule has 138 valence electrons. The molecule has 0 aliphatic rings. The number of benzene rings is 1. The predicted molar refractivity (Wildman–Crippen MR) is 106 cm³/mol. The number of anilines is 2.